The molecule has 0 spiro atoms. The molecule has 2 aromatic rings. The minimum Gasteiger partial charge on any atom is -0.481 e. The van der Waals surface area contributed by atoms with Gasteiger partial charge in [0.15, 0.2) is 0 Å². The number of aliphatic carboxylic acids is 1. The van der Waals surface area contributed by atoms with E-state index in [0.717, 1.165) is 16.5 Å². The maximum absolute atomic E-state index is 10.6. The number of aryl methyl sites for hydroxylation is 1. The Balaban J connectivity index is 2.48. The average molecular weight is 253 g/mol. The smallest absolute Gasteiger partial charge is 0.305 e. The average Bonchev–Trinajstić information content (AvgIpc) is 2.60. The molecule has 0 bridgehead atoms. The van der Waals surface area contributed by atoms with Gasteiger partial charge in [-0.1, -0.05) is 11.6 Å². The Hall–Kier alpha value is -1.52. The zero-order valence-corrected chi connectivity index (χ0v) is 10.1. The third kappa shape index (κ3) is 2.28. The lowest BCUT2D eigenvalue weighted by molar-refractivity contribution is -0.137. The van der Waals surface area contributed by atoms with Crippen LogP contribution in [0.3, 0.4) is 0 Å². The van der Waals surface area contributed by atoms with Crippen molar-refractivity contribution in [1.29, 1.82) is 0 Å². The summed E-state index contributed by atoms with van der Waals surface area (Å²) in [7, 11) is 1.91. The fourth-order valence-corrected chi connectivity index (χ4v) is 2.15. The van der Waals surface area contributed by atoms with Crippen LogP contribution in [0.1, 0.15) is 18.0 Å². The van der Waals surface area contributed by atoms with Gasteiger partial charge in [-0.2, -0.15) is 0 Å². The zero-order chi connectivity index (χ0) is 12.6. The number of halogens is 1. The van der Waals surface area contributed by atoms with Gasteiger partial charge in [0.05, 0.1) is 11.4 Å². The van der Waals surface area contributed by atoms with Crippen LogP contribution in [0, 0.1) is 0 Å². The summed E-state index contributed by atoms with van der Waals surface area (Å²) in [6.07, 6.45) is 1.80. The molecule has 4 nitrogen and oxygen atoms in total. The Kier molecular flexibility index (Phi) is 3.09. The quantitative estimate of drug-likeness (QED) is 0.881. The molecule has 0 saturated heterocycles. The van der Waals surface area contributed by atoms with E-state index in [4.69, 9.17) is 22.4 Å². The minimum absolute atomic E-state index is 0.105. The highest BCUT2D eigenvalue weighted by atomic mass is 35.5. The van der Waals surface area contributed by atoms with Crippen LogP contribution in [0.25, 0.3) is 10.9 Å². The van der Waals surface area contributed by atoms with Crippen LogP contribution in [0.5, 0.6) is 0 Å². The largest absolute Gasteiger partial charge is 0.481 e. The number of hydrogen-bond donors (Lipinski definition) is 2. The molecule has 0 radical (unpaired) electrons. The lowest BCUT2D eigenvalue weighted by Crippen LogP contribution is -2.15. The van der Waals surface area contributed by atoms with Gasteiger partial charge in [0.1, 0.15) is 0 Å². The lowest BCUT2D eigenvalue weighted by Gasteiger charge is -2.11. The third-order valence-electron chi connectivity index (χ3n) is 2.80. The van der Waals surface area contributed by atoms with Crippen LogP contribution in [-0.2, 0) is 11.8 Å². The Morgan fingerprint density at radius 1 is 1.59 bits per heavy atom. The molecule has 0 aliphatic rings. The highest BCUT2D eigenvalue weighted by molar-refractivity contribution is 6.35. The summed E-state index contributed by atoms with van der Waals surface area (Å²) in [5.74, 6) is -0.916. The molecule has 1 aromatic heterocycles. The summed E-state index contributed by atoms with van der Waals surface area (Å²) in [4.78, 5) is 10.6. The van der Waals surface area contributed by atoms with E-state index in [2.05, 4.69) is 0 Å². The fraction of sp³-hybridized carbons (Fsp3) is 0.250. The molecule has 0 amide bonds. The first-order chi connectivity index (χ1) is 7.99. The first-order valence-corrected chi connectivity index (χ1v) is 5.58. The van der Waals surface area contributed by atoms with Crippen LogP contribution < -0.4 is 5.73 Å². The molecule has 5 heteroatoms. The fourth-order valence-electron chi connectivity index (χ4n) is 1.87. The molecule has 0 saturated carbocycles. The Labute approximate surface area is 104 Å². The van der Waals surface area contributed by atoms with Gasteiger partial charge in [0.2, 0.25) is 0 Å². The summed E-state index contributed by atoms with van der Waals surface area (Å²) in [6.45, 7) is 0. The normalized spacial score (nSPS) is 12.9. The summed E-state index contributed by atoms with van der Waals surface area (Å²) in [5, 5.41) is 10.3. The van der Waals surface area contributed by atoms with Crippen molar-refractivity contribution >= 4 is 28.5 Å². The van der Waals surface area contributed by atoms with Crippen molar-refractivity contribution in [2.24, 2.45) is 12.8 Å². The van der Waals surface area contributed by atoms with E-state index in [1.165, 1.54) is 0 Å². The minimum atomic E-state index is -0.916. The van der Waals surface area contributed by atoms with Gasteiger partial charge in [0.25, 0.3) is 0 Å². The number of aromatic nitrogens is 1. The van der Waals surface area contributed by atoms with Crippen LogP contribution >= 0.6 is 11.6 Å². The molecule has 90 valence electrons. The Bertz CT molecular complexity index is 577. The number of fused-ring (bicyclic) bond motifs is 1. The van der Waals surface area contributed by atoms with Crippen molar-refractivity contribution in [2.75, 3.05) is 0 Å². The van der Waals surface area contributed by atoms with Crippen molar-refractivity contribution < 1.29 is 9.90 Å². The van der Waals surface area contributed by atoms with Crippen molar-refractivity contribution in [3.05, 3.63) is 35.0 Å². The highest BCUT2D eigenvalue weighted by Gasteiger charge is 2.13. The maximum atomic E-state index is 10.6. The third-order valence-corrected chi connectivity index (χ3v) is 3.11. The van der Waals surface area contributed by atoms with Gasteiger partial charge in [-0.3, -0.25) is 4.79 Å². The van der Waals surface area contributed by atoms with Gasteiger partial charge in [0, 0.05) is 30.2 Å². The number of rotatable bonds is 3. The second-order valence-corrected chi connectivity index (χ2v) is 4.47. The molecular formula is C12H13ClN2O2. The summed E-state index contributed by atoms with van der Waals surface area (Å²) in [5.41, 5.74) is 7.52. The monoisotopic (exact) mass is 252 g/mol. The standard InChI is InChI=1S/C12H13ClN2O2/c1-15-3-2-8-9(13)4-7(5-11(8)15)10(14)6-12(16)17/h2-5,10H,6,14H2,1H3,(H,16,17). The first-order valence-electron chi connectivity index (χ1n) is 5.21. The van der Waals surface area contributed by atoms with Gasteiger partial charge in [-0.15, -0.1) is 0 Å². The van der Waals surface area contributed by atoms with E-state index in [9.17, 15) is 4.79 Å². The van der Waals surface area contributed by atoms with E-state index in [0.29, 0.717) is 5.02 Å². The topological polar surface area (TPSA) is 68.2 Å². The molecule has 0 aliphatic carbocycles. The summed E-state index contributed by atoms with van der Waals surface area (Å²) < 4.78 is 1.93. The molecule has 3 N–H and O–H groups in total. The predicted molar refractivity (Wildman–Crippen MR) is 67.1 cm³/mol. The maximum Gasteiger partial charge on any atom is 0.305 e. The number of benzene rings is 1. The SMILES string of the molecule is Cn1ccc2c(Cl)cc(C(N)CC(=O)O)cc21. The number of nitrogens with zero attached hydrogens (tertiary/aromatic N) is 1. The van der Waals surface area contributed by atoms with E-state index in [1.807, 2.05) is 29.9 Å². The highest BCUT2D eigenvalue weighted by Crippen LogP contribution is 2.28. The molecule has 1 aromatic carbocycles. The van der Waals surface area contributed by atoms with Crippen LogP contribution in [-0.4, -0.2) is 15.6 Å². The zero-order valence-electron chi connectivity index (χ0n) is 9.35. The Morgan fingerprint density at radius 2 is 2.29 bits per heavy atom. The van der Waals surface area contributed by atoms with Crippen LogP contribution in [0.15, 0.2) is 24.4 Å². The van der Waals surface area contributed by atoms with Crippen LogP contribution in [0.2, 0.25) is 5.02 Å². The molecule has 0 fully saturated rings. The van der Waals surface area contributed by atoms with Crippen molar-refractivity contribution in [3.8, 4) is 0 Å². The number of nitrogens with two attached hydrogens (primary N) is 1. The Morgan fingerprint density at radius 3 is 2.94 bits per heavy atom. The summed E-state index contributed by atoms with van der Waals surface area (Å²) in [6, 6.07) is 5.00. The van der Waals surface area contributed by atoms with E-state index in [-0.39, 0.29) is 6.42 Å². The van der Waals surface area contributed by atoms with Gasteiger partial charge in [-0.25, -0.2) is 0 Å². The van der Waals surface area contributed by atoms with Crippen molar-refractivity contribution in [2.45, 2.75) is 12.5 Å². The molecule has 1 unspecified atom stereocenters. The van der Waals surface area contributed by atoms with E-state index < -0.39 is 12.0 Å². The molecule has 2 rings (SSSR count). The predicted octanol–water partition coefficient (Wildman–Crippen LogP) is 2.31. The number of carbonyl (C=O) groups is 1. The van der Waals surface area contributed by atoms with E-state index >= 15 is 0 Å². The van der Waals surface area contributed by atoms with Gasteiger partial charge >= 0.3 is 5.97 Å². The van der Waals surface area contributed by atoms with Crippen molar-refractivity contribution in [3.63, 3.8) is 0 Å². The van der Waals surface area contributed by atoms with Gasteiger partial charge < -0.3 is 15.4 Å². The van der Waals surface area contributed by atoms with Crippen molar-refractivity contribution in [1.82, 2.24) is 4.57 Å². The molecular weight excluding hydrogens is 240 g/mol. The molecule has 1 atom stereocenters. The first kappa shape index (κ1) is 12.0. The lowest BCUT2D eigenvalue weighted by atomic mass is 10.0. The molecule has 0 aliphatic heterocycles. The molecule has 1 heterocycles. The second kappa shape index (κ2) is 4.39. The number of hydrogen-bond acceptors (Lipinski definition) is 2. The number of carboxylic acid groups (broad SMARTS) is 1. The number of carboxylic acids is 1. The van der Waals surface area contributed by atoms with E-state index in [1.54, 1.807) is 6.07 Å². The van der Waals surface area contributed by atoms with Crippen LogP contribution in [0.4, 0.5) is 0 Å². The summed E-state index contributed by atoms with van der Waals surface area (Å²) >= 11 is 6.14. The molecule has 17 heavy (non-hydrogen) atoms. The second-order valence-electron chi connectivity index (χ2n) is 4.07. The van der Waals surface area contributed by atoms with Gasteiger partial charge in [-0.05, 0) is 23.8 Å².